The second-order valence-corrected chi connectivity index (χ2v) is 20.1. The van der Waals surface area contributed by atoms with Crippen LogP contribution in [0.2, 0.25) is 0 Å². The molecule has 0 unspecified atom stereocenters. The molecule has 0 aliphatic carbocycles. The summed E-state index contributed by atoms with van der Waals surface area (Å²) in [6.45, 7) is 2.22. The summed E-state index contributed by atoms with van der Waals surface area (Å²) in [4.78, 5) is 124. The van der Waals surface area contributed by atoms with Crippen molar-refractivity contribution >= 4 is 76.0 Å². The van der Waals surface area contributed by atoms with E-state index >= 15 is 0 Å². The number of phenols is 1. The Balaban J connectivity index is 1.59. The minimum atomic E-state index is -1.40. The molecule has 1 saturated heterocycles. The smallest absolute Gasteiger partial charge is 0.326 e. The first-order valence-electron chi connectivity index (χ1n) is 27.3. The Hall–Kier alpha value is -8.79. The molecule has 7 amide bonds. The fourth-order valence-electron chi connectivity index (χ4n) is 9.09. The van der Waals surface area contributed by atoms with Gasteiger partial charge in [0, 0.05) is 39.0 Å². The Morgan fingerprint density at radius 3 is 1.67 bits per heavy atom. The molecule has 1 aliphatic heterocycles. The summed E-state index contributed by atoms with van der Waals surface area (Å²) in [6, 6.07) is 8.85. The molecule has 0 aromatic heterocycles. The van der Waals surface area contributed by atoms with Crippen LogP contribution in [0.3, 0.4) is 0 Å². The van der Waals surface area contributed by atoms with E-state index in [-0.39, 0.29) is 114 Å². The molecule has 82 heavy (non-hydrogen) atoms. The van der Waals surface area contributed by atoms with Crippen molar-refractivity contribution in [1.82, 2.24) is 36.8 Å². The number of unbranched alkanes of at least 4 members (excludes halogenated alkanes) is 1. The molecule has 1 fully saturated rings. The maximum Gasteiger partial charge on any atom is 0.326 e. The molecule has 28 heteroatoms. The highest BCUT2D eigenvalue weighted by atomic mass is 16.4. The van der Waals surface area contributed by atoms with Gasteiger partial charge in [-0.1, -0.05) is 54.6 Å². The van der Waals surface area contributed by atoms with E-state index in [1.807, 2.05) is 36.4 Å². The Bertz CT molecular complexity index is 2730. The summed E-state index contributed by atoms with van der Waals surface area (Å²) < 4.78 is 0. The lowest BCUT2D eigenvalue weighted by atomic mass is 10.00. The topological polar surface area (TPSA) is 498 Å². The number of likely N-dealkylation sites (tertiary alicyclic amines) is 1. The van der Waals surface area contributed by atoms with Crippen molar-refractivity contribution in [1.29, 1.82) is 0 Å². The molecule has 1 heterocycles. The number of hydrogen-bond donors (Lipinski definition) is 16. The molecule has 0 spiro atoms. The lowest BCUT2D eigenvalue weighted by molar-refractivity contribution is -0.145. The number of carbonyl (C=O) groups is 8. The van der Waals surface area contributed by atoms with Crippen molar-refractivity contribution in [3.05, 3.63) is 77.9 Å². The fourth-order valence-corrected chi connectivity index (χ4v) is 9.09. The number of aromatic hydroxyl groups is 1. The molecule has 1 aliphatic rings. The van der Waals surface area contributed by atoms with E-state index in [4.69, 9.17) is 45.9 Å². The summed E-state index contributed by atoms with van der Waals surface area (Å²) in [7, 11) is 0. The van der Waals surface area contributed by atoms with Crippen LogP contribution in [0, 0.1) is 0 Å². The van der Waals surface area contributed by atoms with E-state index in [1.165, 1.54) is 36.1 Å². The molecular weight excluding hydrogens is 1060 g/mol. The fraction of sp³-hybridized carbons (Fsp3) is 0.500. The van der Waals surface area contributed by atoms with Gasteiger partial charge in [0.1, 0.15) is 48.0 Å². The van der Waals surface area contributed by atoms with Crippen molar-refractivity contribution in [2.75, 3.05) is 32.7 Å². The largest absolute Gasteiger partial charge is 0.508 e. The molecule has 3 aromatic carbocycles. The van der Waals surface area contributed by atoms with Crippen LogP contribution in [0.1, 0.15) is 88.7 Å². The molecule has 0 radical (unpaired) electrons. The number of aliphatic carboxylic acids is 1. The second-order valence-electron chi connectivity index (χ2n) is 20.1. The second kappa shape index (κ2) is 33.7. The highest BCUT2D eigenvalue weighted by Crippen LogP contribution is 2.22. The SMILES string of the molecule is C[C@H](NC(=O)[C@H](Cc1ccc2ccccc2c1)NC(=O)[C@H](CCCN=C(N)N)NC(=O)[C@@H](N)CCCN=C(N)N)C(=O)N[C@@H](Cc1ccc(O)cc1)C(=O)N[C@H](CCCCN)C(=O)N1CCC[C@H]1C(=O)N[C@@H](CCCN=C(N)N)C(=O)O. The summed E-state index contributed by atoms with van der Waals surface area (Å²) in [5, 5.41) is 37.8. The molecule has 0 saturated carbocycles. The summed E-state index contributed by atoms with van der Waals surface area (Å²) in [5.74, 6) is -7.00. The van der Waals surface area contributed by atoms with E-state index in [9.17, 15) is 48.6 Å². The summed E-state index contributed by atoms with van der Waals surface area (Å²) in [5.41, 5.74) is 45.8. The third kappa shape index (κ3) is 22.4. The van der Waals surface area contributed by atoms with E-state index in [2.05, 4.69) is 46.9 Å². The number of fused-ring (bicyclic) bond motifs is 1. The zero-order valence-electron chi connectivity index (χ0n) is 46.3. The molecule has 28 nitrogen and oxygen atoms in total. The standard InChI is InChI=1S/C54H82N18O10/c1-31(66-47(77)42(30-33-17-20-34-10-2-3-11-35(34)28-33)71-46(76)38(14-7-25-64-53(59)60)67-45(75)37(56)12-6-24-63-52(57)58)44(74)70-41(29-32-18-21-36(73)22-19-32)48(78)68-39(13-4-5-23-55)50(80)72-27-9-16-43(72)49(79)69-40(51(81)82)15-8-26-65-54(61)62/h2-3,10-11,17-22,28,31,37-43,73H,4-9,12-16,23-27,29-30,55-56H2,1H3,(H,66,77)(H,67,75)(H,68,78)(H,69,79)(H,70,74)(H,71,76)(H,81,82)(H4,57,58,63)(H4,59,60,64)(H4,61,62,65)/t31-,37-,38-,39+,40-,41-,42-,43-/m0/s1. The van der Waals surface area contributed by atoms with Crippen LogP contribution in [-0.2, 0) is 51.2 Å². The van der Waals surface area contributed by atoms with Gasteiger partial charge in [0.25, 0.3) is 0 Å². The number of rotatable bonds is 34. The Kier molecular flexibility index (Phi) is 27.0. The number of guanidine groups is 3. The number of carboxylic acid groups (broad SMARTS) is 1. The minimum absolute atomic E-state index is 0.00180. The molecular formula is C54H82N18O10. The van der Waals surface area contributed by atoms with Crippen LogP contribution in [0.4, 0.5) is 0 Å². The van der Waals surface area contributed by atoms with Gasteiger partial charge in [-0.05, 0) is 118 Å². The lowest BCUT2D eigenvalue weighted by Gasteiger charge is -2.30. The van der Waals surface area contributed by atoms with Gasteiger partial charge in [-0.25, -0.2) is 4.79 Å². The number of amides is 7. The van der Waals surface area contributed by atoms with E-state index in [1.54, 1.807) is 6.07 Å². The Morgan fingerprint density at radius 2 is 1.07 bits per heavy atom. The number of nitrogens with one attached hydrogen (secondary N) is 6. The van der Waals surface area contributed by atoms with Crippen LogP contribution < -0.4 is 77.8 Å². The number of nitrogens with two attached hydrogens (primary N) is 8. The third-order valence-electron chi connectivity index (χ3n) is 13.5. The first kappa shape index (κ1) is 65.7. The molecule has 8 atom stereocenters. The number of phenolic OH excluding ortho intramolecular Hbond substituents is 1. The molecule has 24 N–H and O–H groups in total. The van der Waals surface area contributed by atoms with Crippen LogP contribution >= 0.6 is 0 Å². The highest BCUT2D eigenvalue weighted by molar-refractivity contribution is 5.98. The highest BCUT2D eigenvalue weighted by Gasteiger charge is 2.40. The molecule has 3 aromatic rings. The van der Waals surface area contributed by atoms with Gasteiger partial charge in [0.2, 0.25) is 41.4 Å². The minimum Gasteiger partial charge on any atom is -0.508 e. The number of carboxylic acids is 1. The number of carbonyl (C=O) groups excluding carboxylic acids is 7. The third-order valence-corrected chi connectivity index (χ3v) is 13.5. The van der Waals surface area contributed by atoms with Gasteiger partial charge >= 0.3 is 5.97 Å². The maximum absolute atomic E-state index is 14.5. The zero-order valence-corrected chi connectivity index (χ0v) is 46.3. The van der Waals surface area contributed by atoms with Crippen molar-refractivity contribution in [3.8, 4) is 5.75 Å². The first-order chi connectivity index (χ1) is 39.1. The van der Waals surface area contributed by atoms with Crippen molar-refractivity contribution in [3.63, 3.8) is 0 Å². The zero-order chi connectivity index (χ0) is 60.3. The monoisotopic (exact) mass is 1140 g/mol. The number of aliphatic imine (C=N–C) groups is 3. The molecule has 448 valence electrons. The van der Waals surface area contributed by atoms with Gasteiger partial charge in [0.05, 0.1) is 6.04 Å². The van der Waals surface area contributed by atoms with E-state index < -0.39 is 95.7 Å². The van der Waals surface area contributed by atoms with Gasteiger partial charge in [-0.3, -0.25) is 48.5 Å². The van der Waals surface area contributed by atoms with Crippen LogP contribution in [0.25, 0.3) is 10.8 Å². The number of hydrogen-bond acceptors (Lipinski definition) is 14. The Labute approximate surface area is 475 Å². The predicted molar refractivity (Wildman–Crippen MR) is 310 cm³/mol. The van der Waals surface area contributed by atoms with Gasteiger partial charge < -0.3 is 92.9 Å². The Morgan fingerprint density at radius 1 is 0.573 bits per heavy atom. The van der Waals surface area contributed by atoms with Crippen molar-refractivity contribution in [2.24, 2.45) is 60.8 Å². The first-order valence-corrected chi connectivity index (χ1v) is 27.3. The average Bonchev–Trinajstić information content (AvgIpc) is 4.15. The summed E-state index contributed by atoms with van der Waals surface area (Å²) >= 11 is 0. The predicted octanol–water partition coefficient (Wildman–Crippen LogP) is -3.05. The number of benzene rings is 3. The quantitative estimate of drug-likeness (QED) is 0.0160. The van der Waals surface area contributed by atoms with Gasteiger partial charge in [0.15, 0.2) is 17.9 Å². The molecule has 0 bridgehead atoms. The van der Waals surface area contributed by atoms with Crippen molar-refractivity contribution in [2.45, 2.75) is 139 Å². The van der Waals surface area contributed by atoms with Gasteiger partial charge in [-0.2, -0.15) is 0 Å². The van der Waals surface area contributed by atoms with Gasteiger partial charge in [-0.15, -0.1) is 0 Å². The van der Waals surface area contributed by atoms with Crippen molar-refractivity contribution < 1.29 is 48.6 Å². The van der Waals surface area contributed by atoms with Crippen LogP contribution in [0.15, 0.2) is 81.7 Å². The average molecular weight is 1140 g/mol. The maximum atomic E-state index is 14.5. The number of nitrogens with zero attached hydrogens (tertiary/aromatic N) is 4. The van der Waals surface area contributed by atoms with Crippen LogP contribution in [0.5, 0.6) is 5.75 Å². The van der Waals surface area contributed by atoms with E-state index in [0.717, 1.165) is 10.8 Å². The van der Waals surface area contributed by atoms with E-state index in [0.29, 0.717) is 36.8 Å². The summed E-state index contributed by atoms with van der Waals surface area (Å²) in [6.07, 6.45) is 2.34. The normalized spacial score (nSPS) is 15.4. The lowest BCUT2D eigenvalue weighted by Crippen LogP contribution is -2.60. The molecule has 4 rings (SSSR count). The van der Waals surface area contributed by atoms with Crippen LogP contribution in [-0.4, -0.2) is 161 Å².